The van der Waals surface area contributed by atoms with Gasteiger partial charge in [0.2, 0.25) is 0 Å². The molecule has 1 aromatic rings. The average molecular weight is 214 g/mol. The number of anilines is 1. The highest BCUT2D eigenvalue weighted by atomic mass is 35.5. The molecule has 0 spiro atoms. The lowest BCUT2D eigenvalue weighted by Gasteiger charge is -2.16. The number of nitrogens with zero attached hydrogens (tertiary/aromatic N) is 2. The molecule has 0 bridgehead atoms. The second-order valence-corrected chi connectivity index (χ2v) is 4.06. The SMILES string of the molecule is Cc1c(Cl)ncnc1NC1(CO)CC1. The van der Waals surface area contributed by atoms with Gasteiger partial charge in [-0.3, -0.25) is 0 Å². The molecule has 76 valence electrons. The van der Waals surface area contributed by atoms with Crippen LogP contribution in [0.3, 0.4) is 0 Å². The topological polar surface area (TPSA) is 58.0 Å². The van der Waals surface area contributed by atoms with Crippen LogP contribution in [0, 0.1) is 6.92 Å². The van der Waals surface area contributed by atoms with E-state index in [2.05, 4.69) is 15.3 Å². The van der Waals surface area contributed by atoms with Crippen LogP contribution in [0.15, 0.2) is 6.33 Å². The molecular weight excluding hydrogens is 202 g/mol. The summed E-state index contributed by atoms with van der Waals surface area (Å²) in [5, 5.41) is 12.8. The zero-order valence-electron chi connectivity index (χ0n) is 7.92. The number of nitrogens with one attached hydrogen (secondary N) is 1. The Kier molecular flexibility index (Phi) is 2.33. The average Bonchev–Trinajstić information content (AvgIpc) is 2.94. The van der Waals surface area contributed by atoms with E-state index in [1.807, 2.05) is 6.92 Å². The lowest BCUT2D eigenvalue weighted by atomic mass is 10.2. The standard InChI is InChI=1S/C9H12ClN3O/c1-6-7(10)11-5-12-8(6)13-9(4-14)2-3-9/h5,14H,2-4H2,1H3,(H,11,12,13). The minimum atomic E-state index is -0.164. The summed E-state index contributed by atoms with van der Waals surface area (Å²) < 4.78 is 0. The van der Waals surface area contributed by atoms with Crippen molar-refractivity contribution < 1.29 is 5.11 Å². The molecule has 0 atom stereocenters. The summed E-state index contributed by atoms with van der Waals surface area (Å²) in [5.74, 6) is 0.719. The number of rotatable bonds is 3. The van der Waals surface area contributed by atoms with Gasteiger partial charge in [-0.05, 0) is 19.8 Å². The van der Waals surface area contributed by atoms with E-state index in [9.17, 15) is 0 Å². The van der Waals surface area contributed by atoms with Crippen LogP contribution in [-0.4, -0.2) is 27.2 Å². The van der Waals surface area contributed by atoms with Crippen LogP contribution in [0.5, 0.6) is 0 Å². The second-order valence-electron chi connectivity index (χ2n) is 3.70. The molecule has 14 heavy (non-hydrogen) atoms. The van der Waals surface area contributed by atoms with E-state index >= 15 is 0 Å². The fraction of sp³-hybridized carbons (Fsp3) is 0.556. The predicted molar refractivity (Wildman–Crippen MR) is 54.5 cm³/mol. The van der Waals surface area contributed by atoms with E-state index < -0.39 is 0 Å². The third-order valence-electron chi connectivity index (χ3n) is 2.56. The Morgan fingerprint density at radius 1 is 1.57 bits per heavy atom. The summed E-state index contributed by atoms with van der Waals surface area (Å²) >= 11 is 5.85. The van der Waals surface area contributed by atoms with Gasteiger partial charge >= 0.3 is 0 Å². The first kappa shape index (κ1) is 9.68. The largest absolute Gasteiger partial charge is 0.394 e. The molecule has 0 unspecified atom stereocenters. The molecule has 1 aliphatic carbocycles. The van der Waals surface area contributed by atoms with E-state index in [4.69, 9.17) is 16.7 Å². The Labute approximate surface area is 87.3 Å². The summed E-state index contributed by atoms with van der Waals surface area (Å²) in [6, 6.07) is 0. The van der Waals surface area contributed by atoms with Crippen molar-refractivity contribution in [2.45, 2.75) is 25.3 Å². The van der Waals surface area contributed by atoms with Gasteiger partial charge in [0.1, 0.15) is 17.3 Å². The van der Waals surface area contributed by atoms with Crippen LogP contribution in [-0.2, 0) is 0 Å². The lowest BCUT2D eigenvalue weighted by Crippen LogP contribution is -2.26. The molecule has 1 saturated carbocycles. The normalized spacial score (nSPS) is 17.9. The maximum Gasteiger partial charge on any atom is 0.137 e. The first-order valence-electron chi connectivity index (χ1n) is 4.53. The molecule has 2 rings (SSSR count). The molecule has 2 N–H and O–H groups in total. The number of hydrogen-bond acceptors (Lipinski definition) is 4. The Bertz CT molecular complexity index is 352. The van der Waals surface area contributed by atoms with Gasteiger partial charge in [0, 0.05) is 5.56 Å². The maximum absolute atomic E-state index is 9.14. The zero-order chi connectivity index (χ0) is 10.2. The number of hydrogen-bond donors (Lipinski definition) is 2. The molecule has 4 nitrogen and oxygen atoms in total. The molecule has 1 aliphatic rings. The summed E-state index contributed by atoms with van der Waals surface area (Å²) in [6.45, 7) is 1.99. The van der Waals surface area contributed by atoms with Crippen molar-refractivity contribution in [1.82, 2.24) is 9.97 Å². The molecule has 0 radical (unpaired) electrons. The van der Waals surface area contributed by atoms with Crippen LogP contribution < -0.4 is 5.32 Å². The highest BCUT2D eigenvalue weighted by Gasteiger charge is 2.42. The van der Waals surface area contributed by atoms with Crippen molar-refractivity contribution in [2.75, 3.05) is 11.9 Å². The van der Waals surface area contributed by atoms with Gasteiger partial charge in [-0.1, -0.05) is 11.6 Å². The van der Waals surface area contributed by atoms with Gasteiger partial charge in [-0.25, -0.2) is 9.97 Å². The van der Waals surface area contributed by atoms with Crippen LogP contribution in [0.4, 0.5) is 5.82 Å². The predicted octanol–water partition coefficient (Wildman–Crippen LogP) is 1.38. The summed E-state index contributed by atoms with van der Waals surface area (Å²) in [4.78, 5) is 7.96. The minimum Gasteiger partial charge on any atom is -0.394 e. The Balaban J connectivity index is 2.21. The van der Waals surface area contributed by atoms with Crippen molar-refractivity contribution in [2.24, 2.45) is 0 Å². The second kappa shape index (κ2) is 3.37. The first-order valence-corrected chi connectivity index (χ1v) is 4.91. The van der Waals surface area contributed by atoms with E-state index in [1.54, 1.807) is 0 Å². The molecule has 0 aromatic carbocycles. The highest BCUT2D eigenvalue weighted by Crippen LogP contribution is 2.38. The van der Waals surface area contributed by atoms with E-state index in [-0.39, 0.29) is 12.1 Å². The van der Waals surface area contributed by atoms with Gasteiger partial charge in [0.25, 0.3) is 0 Å². The molecule has 0 amide bonds. The Morgan fingerprint density at radius 3 is 2.86 bits per heavy atom. The van der Waals surface area contributed by atoms with Crippen LogP contribution >= 0.6 is 11.6 Å². The van der Waals surface area contributed by atoms with Crippen molar-refractivity contribution in [3.8, 4) is 0 Å². The summed E-state index contributed by atoms with van der Waals surface area (Å²) in [5.41, 5.74) is 0.663. The summed E-state index contributed by atoms with van der Waals surface area (Å²) in [6.07, 6.45) is 3.38. The van der Waals surface area contributed by atoms with Crippen LogP contribution in [0.2, 0.25) is 5.15 Å². The monoisotopic (exact) mass is 213 g/mol. The van der Waals surface area contributed by atoms with Gasteiger partial charge in [0.15, 0.2) is 0 Å². The quantitative estimate of drug-likeness (QED) is 0.745. The Morgan fingerprint density at radius 2 is 2.29 bits per heavy atom. The molecule has 1 heterocycles. The molecular formula is C9H12ClN3O. The van der Waals surface area contributed by atoms with E-state index in [1.165, 1.54) is 6.33 Å². The van der Waals surface area contributed by atoms with Crippen LogP contribution in [0.25, 0.3) is 0 Å². The number of aliphatic hydroxyl groups is 1. The third-order valence-corrected chi connectivity index (χ3v) is 2.94. The summed E-state index contributed by atoms with van der Waals surface area (Å²) in [7, 11) is 0. The minimum absolute atomic E-state index is 0.133. The molecule has 1 aromatic heterocycles. The highest BCUT2D eigenvalue weighted by molar-refractivity contribution is 6.30. The maximum atomic E-state index is 9.14. The lowest BCUT2D eigenvalue weighted by molar-refractivity contribution is 0.266. The zero-order valence-corrected chi connectivity index (χ0v) is 8.67. The molecule has 0 saturated heterocycles. The number of aliphatic hydroxyl groups excluding tert-OH is 1. The number of aromatic nitrogens is 2. The fourth-order valence-electron chi connectivity index (χ4n) is 1.28. The van der Waals surface area contributed by atoms with Gasteiger partial charge < -0.3 is 10.4 Å². The molecule has 5 heteroatoms. The van der Waals surface area contributed by atoms with E-state index in [0.717, 1.165) is 24.2 Å². The van der Waals surface area contributed by atoms with E-state index in [0.29, 0.717) is 5.15 Å². The molecule has 0 aliphatic heterocycles. The van der Waals surface area contributed by atoms with Crippen molar-refractivity contribution >= 4 is 17.4 Å². The Hall–Kier alpha value is -0.870. The van der Waals surface area contributed by atoms with Crippen LogP contribution in [0.1, 0.15) is 18.4 Å². The number of halogens is 1. The van der Waals surface area contributed by atoms with Crippen molar-refractivity contribution in [3.63, 3.8) is 0 Å². The smallest absolute Gasteiger partial charge is 0.137 e. The first-order chi connectivity index (χ1) is 6.67. The van der Waals surface area contributed by atoms with Gasteiger partial charge in [-0.15, -0.1) is 0 Å². The molecule has 1 fully saturated rings. The third kappa shape index (κ3) is 1.67. The van der Waals surface area contributed by atoms with Crippen molar-refractivity contribution in [3.05, 3.63) is 17.0 Å². The fourth-order valence-corrected chi connectivity index (χ4v) is 1.41. The van der Waals surface area contributed by atoms with Crippen molar-refractivity contribution in [1.29, 1.82) is 0 Å². The van der Waals surface area contributed by atoms with Gasteiger partial charge in [0.05, 0.1) is 12.1 Å². The van der Waals surface area contributed by atoms with Gasteiger partial charge in [-0.2, -0.15) is 0 Å².